The van der Waals surface area contributed by atoms with Crippen LogP contribution in [-0.4, -0.2) is 4.98 Å². The van der Waals surface area contributed by atoms with E-state index in [1.54, 1.807) is 0 Å². The number of pyridine rings is 1. The lowest BCUT2D eigenvalue weighted by atomic mass is 10.2. The first-order valence-corrected chi connectivity index (χ1v) is 2.20. The van der Waals surface area contributed by atoms with Crippen molar-refractivity contribution < 1.29 is 11.0 Å². The van der Waals surface area contributed by atoms with E-state index in [9.17, 15) is 4.79 Å². The van der Waals surface area contributed by atoms with Crippen LogP contribution >= 0.6 is 0 Å². The van der Waals surface area contributed by atoms with Gasteiger partial charge < -0.3 is 4.98 Å². The van der Waals surface area contributed by atoms with Gasteiger partial charge >= 0.3 is 0 Å². The van der Waals surface area contributed by atoms with Gasteiger partial charge in [0.05, 0.1) is 4.11 Å². The number of hydrogen-bond acceptors (Lipinski definition) is 1. The highest BCUT2D eigenvalue weighted by molar-refractivity contribution is 5.08. The lowest BCUT2D eigenvalue weighted by Gasteiger charge is -1.89. The van der Waals surface area contributed by atoms with E-state index in [1.165, 1.54) is 0 Å². The maximum absolute atomic E-state index is 11.2. The van der Waals surface area contributed by atoms with Gasteiger partial charge in [0.15, 0.2) is 0 Å². The van der Waals surface area contributed by atoms with Crippen LogP contribution in [0.4, 0.5) is 0 Å². The van der Waals surface area contributed by atoms with Crippen LogP contribution in [0.5, 0.6) is 0 Å². The molecule has 0 unspecified atom stereocenters. The van der Waals surface area contributed by atoms with E-state index in [1.807, 2.05) is 4.98 Å². The summed E-state index contributed by atoms with van der Waals surface area (Å²) in [5.41, 5.74) is -1.97. The minimum atomic E-state index is -3.13. The molecule has 0 aliphatic heterocycles. The molecule has 48 valence electrons. The van der Waals surface area contributed by atoms with E-state index in [2.05, 4.69) is 0 Å². The molecule has 1 rings (SSSR count). The first-order valence-electron chi connectivity index (χ1n) is 6.20. The summed E-state index contributed by atoms with van der Waals surface area (Å²) < 4.78 is 57.9. The zero-order valence-electron chi connectivity index (χ0n) is 12.4. The molecular weight excluding hydrogens is 114 g/mol. The number of H-pyrrole nitrogens is 1. The summed E-state index contributed by atoms with van der Waals surface area (Å²) in [6, 6.07) is -1.73. The van der Waals surface area contributed by atoms with Crippen molar-refractivity contribution >= 4 is 0 Å². The molecule has 1 N–H and O–H groups in total. The summed E-state index contributed by atoms with van der Waals surface area (Å²) in [7, 11) is 0. The average molecular weight is 131 g/mol. The normalized spacial score (nSPS) is 25.3. The Morgan fingerprint density at radius 1 is 2.11 bits per heavy atom. The van der Waals surface area contributed by atoms with Crippen molar-refractivity contribution in [2.45, 2.75) is 13.2 Å². The minimum Gasteiger partial charge on any atom is -0.329 e. The Kier molecular flexibility index (Phi) is 0.417. The molecule has 1 aromatic rings. The van der Waals surface area contributed by atoms with Gasteiger partial charge in [-0.3, -0.25) is 4.79 Å². The molecule has 0 aliphatic carbocycles. The van der Waals surface area contributed by atoms with Crippen molar-refractivity contribution in [3.63, 3.8) is 0 Å². The molecule has 2 heteroatoms. The van der Waals surface area contributed by atoms with Crippen LogP contribution < -0.4 is 5.56 Å². The molecule has 0 saturated carbocycles. The molecule has 0 saturated heterocycles. The summed E-state index contributed by atoms with van der Waals surface area (Å²) in [6.07, 6.45) is -3.74. The Morgan fingerprint density at radius 2 is 3.00 bits per heavy atom. The number of aromatic amines is 1. The second-order valence-corrected chi connectivity index (χ2v) is 1.33. The molecule has 0 amide bonds. The first-order chi connectivity index (χ1) is 7.50. The summed E-state index contributed by atoms with van der Waals surface area (Å²) in [5, 5.41) is 0. The summed E-state index contributed by atoms with van der Waals surface area (Å²) in [5.74, 6) is 0. The van der Waals surface area contributed by atoms with Gasteiger partial charge in [0.1, 0.15) is 0 Å². The predicted octanol–water partition coefficient (Wildman–Crippen LogP) is 0.937. The van der Waals surface area contributed by atoms with Crippen molar-refractivity contribution in [2.24, 2.45) is 0 Å². The number of hydrogen-bond donors (Lipinski definition) is 1. The highest BCUT2D eigenvalue weighted by Gasteiger charge is 1.85. The standard InChI is InChI=1S/C7H9NO/c1-2-6-3-4-8-7(9)5-6/h3-5H,2H2,1H3,(H,8,9)/i1D3,2D2,3D,4D,5D. The molecule has 0 aliphatic rings. The molecule has 0 spiro atoms. The van der Waals surface area contributed by atoms with Crippen molar-refractivity contribution in [2.75, 3.05) is 0 Å². The third-order valence-corrected chi connectivity index (χ3v) is 0.727. The molecule has 0 radical (unpaired) electrons. The largest absolute Gasteiger partial charge is 0.329 e. The van der Waals surface area contributed by atoms with Gasteiger partial charge in [0.2, 0.25) is 5.56 Å². The zero-order chi connectivity index (χ0) is 13.6. The van der Waals surface area contributed by atoms with E-state index < -0.39 is 42.6 Å². The highest BCUT2D eigenvalue weighted by Crippen LogP contribution is 1.91. The van der Waals surface area contributed by atoms with Crippen LogP contribution in [0.3, 0.4) is 0 Å². The topological polar surface area (TPSA) is 32.9 Å². The van der Waals surface area contributed by atoms with E-state index in [0.717, 1.165) is 0 Å². The van der Waals surface area contributed by atoms with Crippen LogP contribution in [0, 0.1) is 0 Å². The maximum Gasteiger partial charge on any atom is 0.248 e. The second-order valence-electron chi connectivity index (χ2n) is 1.33. The Bertz CT molecular complexity index is 502. The first kappa shape index (κ1) is 1.51. The summed E-state index contributed by atoms with van der Waals surface area (Å²) in [6.45, 7) is -3.13. The third-order valence-electron chi connectivity index (χ3n) is 0.727. The molecule has 9 heavy (non-hydrogen) atoms. The second kappa shape index (κ2) is 2.49. The van der Waals surface area contributed by atoms with Gasteiger partial charge in [-0.15, -0.1) is 0 Å². The Hall–Kier alpha value is -1.05. The number of aromatic nitrogens is 1. The zero-order valence-corrected chi connectivity index (χ0v) is 4.41. The van der Waals surface area contributed by atoms with Gasteiger partial charge in [-0.25, -0.2) is 0 Å². The SMILES string of the molecule is [2H]c1[nH]c(=O)c([2H])c(C([2H])([2H])C([2H])([2H])[2H])c1[2H]. The van der Waals surface area contributed by atoms with Gasteiger partial charge in [0, 0.05) is 19.1 Å². The van der Waals surface area contributed by atoms with Crippen LogP contribution in [-0.2, 0) is 6.37 Å². The van der Waals surface area contributed by atoms with E-state index in [-0.39, 0.29) is 0 Å². The van der Waals surface area contributed by atoms with E-state index in [4.69, 9.17) is 11.0 Å². The fourth-order valence-corrected chi connectivity index (χ4v) is 0.389. The van der Waals surface area contributed by atoms with E-state index >= 15 is 0 Å². The van der Waals surface area contributed by atoms with Crippen molar-refractivity contribution in [3.8, 4) is 0 Å². The Balaban J connectivity index is 3.68. The van der Waals surface area contributed by atoms with Gasteiger partial charge in [-0.05, 0) is 18.0 Å². The predicted molar refractivity (Wildman–Crippen MR) is 36.4 cm³/mol. The molecule has 0 bridgehead atoms. The summed E-state index contributed by atoms with van der Waals surface area (Å²) >= 11 is 0. The average Bonchev–Trinajstić information content (AvgIpc) is 2.13. The molecule has 2 nitrogen and oxygen atoms in total. The monoisotopic (exact) mass is 131 g/mol. The summed E-state index contributed by atoms with van der Waals surface area (Å²) in [4.78, 5) is 13.0. The fraction of sp³-hybridized carbons (Fsp3) is 0.286. The van der Waals surface area contributed by atoms with Crippen molar-refractivity contribution in [3.05, 3.63) is 34.2 Å². The molecule has 0 fully saturated rings. The van der Waals surface area contributed by atoms with E-state index in [0.29, 0.717) is 0 Å². The molecule has 1 aromatic heterocycles. The molecule has 0 aromatic carbocycles. The highest BCUT2D eigenvalue weighted by atomic mass is 16.1. The smallest absolute Gasteiger partial charge is 0.248 e. The Morgan fingerprint density at radius 3 is 3.78 bits per heavy atom. The molecular formula is C7H9NO. The van der Waals surface area contributed by atoms with Gasteiger partial charge in [0.25, 0.3) is 0 Å². The fourth-order valence-electron chi connectivity index (χ4n) is 0.389. The minimum absolute atomic E-state index is 0.714. The van der Waals surface area contributed by atoms with Gasteiger partial charge in [-0.1, -0.05) is 6.85 Å². The Labute approximate surface area is 64.8 Å². The number of rotatable bonds is 1. The van der Waals surface area contributed by atoms with Crippen LogP contribution in [0.1, 0.15) is 23.4 Å². The van der Waals surface area contributed by atoms with Crippen LogP contribution in [0.15, 0.2) is 23.1 Å². The van der Waals surface area contributed by atoms with Gasteiger partial charge in [-0.2, -0.15) is 0 Å². The third kappa shape index (κ3) is 1.42. The lowest BCUT2D eigenvalue weighted by molar-refractivity contribution is 1.10. The molecule has 0 atom stereocenters. The number of nitrogens with one attached hydrogen (secondary N) is 1. The molecule has 1 heterocycles. The van der Waals surface area contributed by atoms with Crippen molar-refractivity contribution in [1.29, 1.82) is 0 Å². The quantitative estimate of drug-likeness (QED) is 0.604. The lowest BCUT2D eigenvalue weighted by Crippen LogP contribution is -2.02. The van der Waals surface area contributed by atoms with Crippen molar-refractivity contribution in [1.82, 2.24) is 4.98 Å². The maximum atomic E-state index is 11.2. The van der Waals surface area contributed by atoms with Crippen LogP contribution in [0.25, 0.3) is 0 Å². The van der Waals surface area contributed by atoms with Crippen LogP contribution in [0.2, 0.25) is 0 Å².